The molecule has 2 aliphatic rings. The van der Waals surface area contributed by atoms with Crippen molar-refractivity contribution in [1.82, 2.24) is 20.0 Å². The van der Waals surface area contributed by atoms with Crippen molar-refractivity contribution in [3.05, 3.63) is 35.9 Å². The molecule has 0 bridgehead atoms. The van der Waals surface area contributed by atoms with Gasteiger partial charge in [0.2, 0.25) is 5.91 Å². The molecule has 0 radical (unpaired) electrons. The molecule has 0 spiro atoms. The van der Waals surface area contributed by atoms with Crippen molar-refractivity contribution in [2.75, 3.05) is 33.2 Å². The number of nitrogens with zero attached hydrogens (tertiary/aromatic N) is 3. The summed E-state index contributed by atoms with van der Waals surface area (Å²) < 4.78 is 0. The Kier molecular flexibility index (Phi) is 6.94. The predicted octanol–water partition coefficient (Wildman–Crippen LogP) is 2.55. The second-order valence-electron chi connectivity index (χ2n) is 8.51. The van der Waals surface area contributed by atoms with Gasteiger partial charge in [-0.05, 0) is 39.3 Å². The molecule has 2 aliphatic heterocycles. The summed E-state index contributed by atoms with van der Waals surface area (Å²) in [5.74, 6) is 0.435. The Morgan fingerprint density at radius 2 is 1.89 bits per heavy atom. The molecule has 2 saturated heterocycles. The molecule has 1 N–H and O–H groups in total. The molecule has 1 unspecified atom stereocenters. The number of urea groups is 1. The average Bonchev–Trinajstić information content (AvgIpc) is 3.08. The highest BCUT2D eigenvalue weighted by molar-refractivity contribution is 5.79. The summed E-state index contributed by atoms with van der Waals surface area (Å²) in [6, 6.07) is 11.3. The van der Waals surface area contributed by atoms with Crippen LogP contribution in [0.1, 0.15) is 38.7 Å². The van der Waals surface area contributed by atoms with E-state index >= 15 is 0 Å². The predicted molar refractivity (Wildman–Crippen MR) is 111 cm³/mol. The molecule has 6 nitrogen and oxygen atoms in total. The molecule has 0 saturated carbocycles. The molecule has 1 aromatic carbocycles. The standard InChI is InChI=1S/C22H34N4O2/c1-17(2)26-16-19(13-21(26)27)14-23-22(28)25-11-9-20(10-12-25)24(3)15-18-7-5-4-6-8-18/h4-8,17,19-20H,9-16H2,1-3H3,(H,23,28). The Balaban J connectivity index is 1.38. The molecule has 2 heterocycles. The third kappa shape index (κ3) is 5.25. The SMILES string of the molecule is CC(C)N1CC(CNC(=O)N2CCC(N(C)Cc3ccccc3)CC2)CC1=O. The van der Waals surface area contributed by atoms with E-state index in [2.05, 4.69) is 41.5 Å². The summed E-state index contributed by atoms with van der Waals surface area (Å²) in [5.41, 5.74) is 1.33. The number of benzene rings is 1. The van der Waals surface area contributed by atoms with Crippen molar-refractivity contribution in [3.63, 3.8) is 0 Å². The Morgan fingerprint density at radius 3 is 2.50 bits per heavy atom. The molecule has 3 rings (SSSR count). The number of hydrogen-bond donors (Lipinski definition) is 1. The van der Waals surface area contributed by atoms with E-state index in [-0.39, 0.29) is 23.9 Å². The first kappa shape index (κ1) is 20.6. The van der Waals surface area contributed by atoms with Crippen LogP contribution >= 0.6 is 0 Å². The summed E-state index contributed by atoms with van der Waals surface area (Å²) in [5, 5.41) is 3.05. The van der Waals surface area contributed by atoms with Crippen LogP contribution in [-0.4, -0.2) is 71.9 Å². The highest BCUT2D eigenvalue weighted by Gasteiger charge is 2.32. The third-order valence-corrected chi connectivity index (χ3v) is 6.05. The van der Waals surface area contributed by atoms with E-state index in [0.29, 0.717) is 19.0 Å². The Morgan fingerprint density at radius 1 is 1.21 bits per heavy atom. The van der Waals surface area contributed by atoms with Gasteiger partial charge in [0.25, 0.3) is 0 Å². The molecule has 1 aromatic rings. The summed E-state index contributed by atoms with van der Waals surface area (Å²) in [4.78, 5) is 30.7. The van der Waals surface area contributed by atoms with Crippen molar-refractivity contribution in [1.29, 1.82) is 0 Å². The topological polar surface area (TPSA) is 55.9 Å². The first-order valence-electron chi connectivity index (χ1n) is 10.5. The number of nitrogens with one attached hydrogen (secondary N) is 1. The van der Waals surface area contributed by atoms with E-state index in [1.54, 1.807) is 0 Å². The molecule has 1 atom stereocenters. The molecule has 6 heteroatoms. The Bertz CT molecular complexity index is 656. The highest BCUT2D eigenvalue weighted by Crippen LogP contribution is 2.20. The molecular formula is C22H34N4O2. The average molecular weight is 387 g/mol. The fourth-order valence-electron chi connectivity index (χ4n) is 4.30. The molecule has 0 aliphatic carbocycles. The second-order valence-corrected chi connectivity index (χ2v) is 8.51. The van der Waals surface area contributed by atoms with Crippen LogP contribution < -0.4 is 5.32 Å². The van der Waals surface area contributed by atoms with E-state index in [4.69, 9.17) is 0 Å². The molecule has 2 fully saturated rings. The number of likely N-dealkylation sites (tertiary alicyclic amines) is 2. The second kappa shape index (κ2) is 9.41. The fraction of sp³-hybridized carbons (Fsp3) is 0.636. The largest absolute Gasteiger partial charge is 0.340 e. The number of carbonyl (C=O) groups is 2. The van der Waals surface area contributed by atoms with Crippen LogP contribution in [0.25, 0.3) is 0 Å². The maximum atomic E-state index is 12.5. The lowest BCUT2D eigenvalue weighted by atomic mass is 10.0. The minimum Gasteiger partial charge on any atom is -0.340 e. The number of piperidine rings is 1. The fourth-order valence-corrected chi connectivity index (χ4v) is 4.30. The molecule has 3 amide bonds. The van der Waals surface area contributed by atoms with Crippen LogP contribution in [0.5, 0.6) is 0 Å². The summed E-state index contributed by atoms with van der Waals surface area (Å²) in [6.45, 7) is 7.94. The van der Waals surface area contributed by atoms with E-state index in [1.807, 2.05) is 29.7 Å². The quantitative estimate of drug-likeness (QED) is 0.817. The Labute approximate surface area is 168 Å². The van der Waals surface area contributed by atoms with Gasteiger partial charge < -0.3 is 15.1 Å². The van der Waals surface area contributed by atoms with Crippen molar-refractivity contribution < 1.29 is 9.59 Å². The normalized spacial score (nSPS) is 21.0. The lowest BCUT2D eigenvalue weighted by Crippen LogP contribution is -2.49. The van der Waals surface area contributed by atoms with Gasteiger partial charge in [-0.3, -0.25) is 9.69 Å². The van der Waals surface area contributed by atoms with Crippen LogP contribution in [0.3, 0.4) is 0 Å². The zero-order valence-corrected chi connectivity index (χ0v) is 17.4. The van der Waals surface area contributed by atoms with Gasteiger partial charge in [0.1, 0.15) is 0 Å². The van der Waals surface area contributed by atoms with Gasteiger partial charge in [0.15, 0.2) is 0 Å². The van der Waals surface area contributed by atoms with E-state index < -0.39 is 0 Å². The van der Waals surface area contributed by atoms with E-state index in [1.165, 1.54) is 5.56 Å². The molecule has 28 heavy (non-hydrogen) atoms. The van der Waals surface area contributed by atoms with Crippen LogP contribution in [-0.2, 0) is 11.3 Å². The number of rotatable bonds is 6. The summed E-state index contributed by atoms with van der Waals surface area (Å²) >= 11 is 0. The minimum atomic E-state index is 0.0135. The van der Waals surface area contributed by atoms with Gasteiger partial charge in [-0.1, -0.05) is 30.3 Å². The van der Waals surface area contributed by atoms with Crippen LogP contribution in [0.2, 0.25) is 0 Å². The first-order valence-corrected chi connectivity index (χ1v) is 10.5. The minimum absolute atomic E-state index is 0.0135. The van der Waals surface area contributed by atoms with Crippen molar-refractivity contribution in [3.8, 4) is 0 Å². The van der Waals surface area contributed by atoms with E-state index in [9.17, 15) is 9.59 Å². The molecule has 154 valence electrons. The lowest BCUT2D eigenvalue weighted by Gasteiger charge is -2.37. The van der Waals surface area contributed by atoms with Gasteiger partial charge >= 0.3 is 6.03 Å². The maximum Gasteiger partial charge on any atom is 0.317 e. The smallest absolute Gasteiger partial charge is 0.317 e. The zero-order chi connectivity index (χ0) is 20.1. The maximum absolute atomic E-state index is 12.5. The van der Waals surface area contributed by atoms with E-state index in [0.717, 1.165) is 39.0 Å². The van der Waals surface area contributed by atoms with Crippen LogP contribution in [0, 0.1) is 5.92 Å². The summed E-state index contributed by atoms with van der Waals surface area (Å²) in [7, 11) is 2.17. The number of carbonyl (C=O) groups excluding carboxylic acids is 2. The Hall–Kier alpha value is -2.08. The number of amides is 3. The molecular weight excluding hydrogens is 352 g/mol. The third-order valence-electron chi connectivity index (χ3n) is 6.05. The van der Waals surface area contributed by atoms with Crippen LogP contribution in [0.15, 0.2) is 30.3 Å². The van der Waals surface area contributed by atoms with Crippen molar-refractivity contribution in [2.24, 2.45) is 5.92 Å². The monoisotopic (exact) mass is 386 g/mol. The lowest BCUT2D eigenvalue weighted by molar-refractivity contribution is -0.129. The van der Waals surface area contributed by atoms with Crippen molar-refractivity contribution in [2.45, 2.75) is 51.7 Å². The molecule has 0 aromatic heterocycles. The highest BCUT2D eigenvalue weighted by atomic mass is 16.2. The van der Waals surface area contributed by atoms with Gasteiger partial charge in [-0.2, -0.15) is 0 Å². The van der Waals surface area contributed by atoms with Gasteiger partial charge in [-0.25, -0.2) is 4.79 Å². The van der Waals surface area contributed by atoms with Gasteiger partial charge in [-0.15, -0.1) is 0 Å². The van der Waals surface area contributed by atoms with Gasteiger partial charge in [0.05, 0.1) is 0 Å². The zero-order valence-electron chi connectivity index (χ0n) is 17.4. The van der Waals surface area contributed by atoms with Gasteiger partial charge in [0, 0.05) is 57.1 Å². The summed E-state index contributed by atoms with van der Waals surface area (Å²) in [6.07, 6.45) is 2.55. The first-order chi connectivity index (χ1) is 13.4. The van der Waals surface area contributed by atoms with Crippen molar-refractivity contribution >= 4 is 11.9 Å². The number of hydrogen-bond acceptors (Lipinski definition) is 3. The van der Waals surface area contributed by atoms with Crippen LogP contribution in [0.4, 0.5) is 4.79 Å².